The summed E-state index contributed by atoms with van der Waals surface area (Å²) in [5.74, 6) is 1.29. The van der Waals surface area contributed by atoms with Crippen LogP contribution in [0.2, 0.25) is 0 Å². The summed E-state index contributed by atoms with van der Waals surface area (Å²) in [6.45, 7) is 0.248. The van der Waals surface area contributed by atoms with E-state index in [1.165, 1.54) is 14.2 Å². The van der Waals surface area contributed by atoms with E-state index < -0.39 is 12.0 Å². The number of hydrogen-bond acceptors (Lipinski definition) is 7. The van der Waals surface area contributed by atoms with Crippen molar-refractivity contribution in [1.29, 1.82) is 0 Å². The number of nitrogens with zero attached hydrogens (tertiary/aromatic N) is 1. The van der Waals surface area contributed by atoms with Crippen molar-refractivity contribution in [3.05, 3.63) is 76.9 Å². The predicted molar refractivity (Wildman–Crippen MR) is 142 cm³/mol. The molecule has 0 saturated heterocycles. The van der Waals surface area contributed by atoms with Crippen LogP contribution in [0.15, 0.2) is 54.6 Å². The lowest BCUT2D eigenvalue weighted by Crippen LogP contribution is -2.45. The van der Waals surface area contributed by atoms with Crippen LogP contribution in [0.4, 0.5) is 0 Å². The number of carbonyl (C=O) groups excluding carboxylic acids is 2. The first-order valence-electron chi connectivity index (χ1n) is 12.0. The highest BCUT2D eigenvalue weighted by Gasteiger charge is 2.43. The van der Waals surface area contributed by atoms with E-state index in [1.807, 2.05) is 30.3 Å². The maximum Gasteiger partial charge on any atom is 0.254 e. The summed E-state index contributed by atoms with van der Waals surface area (Å²) in [5, 5.41) is 3.05. The van der Waals surface area contributed by atoms with Crippen LogP contribution in [0, 0.1) is 0 Å². The van der Waals surface area contributed by atoms with Crippen molar-refractivity contribution >= 4 is 11.8 Å². The summed E-state index contributed by atoms with van der Waals surface area (Å²) in [7, 11) is 9.39. The maximum absolute atomic E-state index is 14.0. The molecular formula is C29H32N2O7. The normalized spacial score (nSPS) is 16.4. The predicted octanol–water partition coefficient (Wildman–Crippen LogP) is 3.96. The van der Waals surface area contributed by atoms with Gasteiger partial charge in [-0.1, -0.05) is 24.3 Å². The van der Waals surface area contributed by atoms with Crippen molar-refractivity contribution in [1.82, 2.24) is 10.2 Å². The van der Waals surface area contributed by atoms with Crippen LogP contribution < -0.4 is 29.0 Å². The molecule has 0 bridgehead atoms. The Hall–Kier alpha value is -4.40. The third-order valence-electron chi connectivity index (χ3n) is 6.85. The third-order valence-corrected chi connectivity index (χ3v) is 6.85. The van der Waals surface area contributed by atoms with E-state index in [2.05, 4.69) is 5.32 Å². The van der Waals surface area contributed by atoms with Crippen molar-refractivity contribution in [2.75, 3.05) is 42.6 Å². The number of ether oxygens (including phenoxy) is 5. The molecule has 1 aliphatic rings. The lowest BCUT2D eigenvalue weighted by atomic mass is 9.79. The van der Waals surface area contributed by atoms with Crippen LogP contribution in [0.25, 0.3) is 0 Å². The van der Waals surface area contributed by atoms with Gasteiger partial charge in [-0.2, -0.15) is 0 Å². The number of hydrogen-bond donors (Lipinski definition) is 1. The molecule has 38 heavy (non-hydrogen) atoms. The molecule has 0 spiro atoms. The molecule has 3 aromatic rings. The number of methoxy groups -OCH3 is 5. The summed E-state index contributed by atoms with van der Waals surface area (Å²) in [6.07, 6.45) is 0. The molecule has 0 saturated carbocycles. The zero-order valence-electron chi connectivity index (χ0n) is 22.4. The first kappa shape index (κ1) is 26.7. The highest BCUT2D eigenvalue weighted by Crippen LogP contribution is 2.46. The van der Waals surface area contributed by atoms with Crippen LogP contribution in [0.1, 0.15) is 39.0 Å². The minimum absolute atomic E-state index is 0.241. The molecular weight excluding hydrogens is 488 g/mol. The van der Waals surface area contributed by atoms with Crippen molar-refractivity contribution in [3.63, 3.8) is 0 Å². The molecule has 9 nitrogen and oxygen atoms in total. The largest absolute Gasteiger partial charge is 0.496 e. The van der Waals surface area contributed by atoms with Gasteiger partial charge in [0.2, 0.25) is 5.91 Å². The second-order valence-corrected chi connectivity index (χ2v) is 8.78. The summed E-state index contributed by atoms with van der Waals surface area (Å²) in [6, 6.07) is 15.6. The van der Waals surface area contributed by atoms with Crippen molar-refractivity contribution < 1.29 is 33.3 Å². The third kappa shape index (κ3) is 4.79. The molecule has 3 aromatic carbocycles. The number of fused-ring (bicyclic) bond motifs is 1. The topological polar surface area (TPSA) is 95.6 Å². The van der Waals surface area contributed by atoms with Gasteiger partial charge in [-0.15, -0.1) is 0 Å². The van der Waals surface area contributed by atoms with Gasteiger partial charge in [0, 0.05) is 24.7 Å². The highest BCUT2D eigenvalue weighted by atomic mass is 16.5. The standard InChI is InChI=1S/C29H32N2O7/c1-31-27(17-11-12-22(35-3)23(13-17)36-4)26(28(32)30-16-18-9-7-8-10-21(18)34-2)19-14-24(37-5)25(38-6)15-20(19)29(31)33/h7-15,26-27H,16H2,1-6H3,(H,30,32). The fourth-order valence-electron chi connectivity index (χ4n) is 4.93. The van der Waals surface area contributed by atoms with Crippen LogP contribution in [0.3, 0.4) is 0 Å². The SMILES string of the molecule is COc1ccccc1CNC(=O)C1c2cc(OC)c(OC)cc2C(=O)N(C)C1c1ccc(OC)c(OC)c1. The lowest BCUT2D eigenvalue weighted by molar-refractivity contribution is -0.124. The Morgan fingerprint density at radius 3 is 2.05 bits per heavy atom. The Bertz CT molecular complexity index is 1340. The summed E-state index contributed by atoms with van der Waals surface area (Å²) in [4.78, 5) is 29.2. The molecule has 4 rings (SSSR count). The number of benzene rings is 3. The van der Waals surface area contributed by atoms with Gasteiger partial charge in [0.15, 0.2) is 23.0 Å². The van der Waals surface area contributed by atoms with Crippen LogP contribution in [-0.4, -0.2) is 59.3 Å². The highest BCUT2D eigenvalue weighted by molar-refractivity contribution is 6.02. The van der Waals surface area contributed by atoms with Gasteiger partial charge in [0.05, 0.1) is 47.5 Å². The average molecular weight is 521 g/mol. The van der Waals surface area contributed by atoms with E-state index in [0.29, 0.717) is 39.9 Å². The molecule has 1 aliphatic heterocycles. The molecule has 2 unspecified atom stereocenters. The fourth-order valence-corrected chi connectivity index (χ4v) is 4.93. The van der Waals surface area contributed by atoms with Gasteiger partial charge in [0.1, 0.15) is 5.75 Å². The van der Waals surface area contributed by atoms with Gasteiger partial charge in [0.25, 0.3) is 5.91 Å². The summed E-state index contributed by atoms with van der Waals surface area (Å²) < 4.78 is 27.3. The van der Waals surface area contributed by atoms with Crippen molar-refractivity contribution in [3.8, 4) is 28.7 Å². The molecule has 1 N–H and O–H groups in total. The number of nitrogens with one attached hydrogen (secondary N) is 1. The van der Waals surface area contributed by atoms with E-state index in [-0.39, 0.29) is 18.4 Å². The Kier molecular flexibility index (Phi) is 7.95. The van der Waals surface area contributed by atoms with Gasteiger partial charge in [-0.25, -0.2) is 0 Å². The van der Waals surface area contributed by atoms with Gasteiger partial charge >= 0.3 is 0 Å². The fraction of sp³-hybridized carbons (Fsp3) is 0.310. The minimum Gasteiger partial charge on any atom is -0.496 e. The quantitative estimate of drug-likeness (QED) is 0.456. The molecule has 9 heteroatoms. The smallest absolute Gasteiger partial charge is 0.254 e. The Balaban J connectivity index is 1.84. The summed E-state index contributed by atoms with van der Waals surface area (Å²) >= 11 is 0. The Labute approximate surface area is 222 Å². The number of carbonyl (C=O) groups is 2. The zero-order chi connectivity index (χ0) is 27.4. The second kappa shape index (κ2) is 11.3. The number of para-hydroxylation sites is 1. The molecule has 1 heterocycles. The van der Waals surface area contributed by atoms with E-state index >= 15 is 0 Å². The molecule has 0 fully saturated rings. The summed E-state index contributed by atoms with van der Waals surface area (Å²) in [5.41, 5.74) is 2.47. The second-order valence-electron chi connectivity index (χ2n) is 8.78. The molecule has 2 atom stereocenters. The van der Waals surface area contributed by atoms with Gasteiger partial charge < -0.3 is 33.9 Å². The van der Waals surface area contributed by atoms with E-state index in [9.17, 15) is 9.59 Å². The molecule has 2 amide bonds. The molecule has 200 valence electrons. The average Bonchev–Trinajstić information content (AvgIpc) is 2.96. The van der Waals surface area contributed by atoms with Crippen LogP contribution in [-0.2, 0) is 11.3 Å². The first-order valence-corrected chi connectivity index (χ1v) is 12.0. The van der Waals surface area contributed by atoms with Crippen LogP contribution in [0.5, 0.6) is 28.7 Å². The van der Waals surface area contributed by atoms with Crippen molar-refractivity contribution in [2.24, 2.45) is 0 Å². The maximum atomic E-state index is 14.0. The number of rotatable bonds is 9. The lowest BCUT2D eigenvalue weighted by Gasteiger charge is -2.40. The molecule has 0 aromatic heterocycles. The minimum atomic E-state index is -0.764. The molecule has 0 radical (unpaired) electrons. The molecule has 0 aliphatic carbocycles. The Morgan fingerprint density at radius 1 is 0.789 bits per heavy atom. The van der Waals surface area contributed by atoms with Crippen LogP contribution >= 0.6 is 0 Å². The van der Waals surface area contributed by atoms with E-state index in [4.69, 9.17) is 23.7 Å². The number of amides is 2. The van der Waals surface area contributed by atoms with Gasteiger partial charge in [-0.3, -0.25) is 9.59 Å². The van der Waals surface area contributed by atoms with Gasteiger partial charge in [-0.05, 0) is 41.5 Å². The number of likely N-dealkylation sites (N-methyl/N-ethyl adjacent to an activating group) is 1. The van der Waals surface area contributed by atoms with E-state index in [0.717, 1.165) is 11.1 Å². The Morgan fingerprint density at radius 2 is 1.39 bits per heavy atom. The zero-order valence-corrected chi connectivity index (χ0v) is 22.4. The monoisotopic (exact) mass is 520 g/mol. The van der Waals surface area contributed by atoms with Crippen molar-refractivity contribution in [2.45, 2.75) is 18.5 Å². The van der Waals surface area contributed by atoms with E-state index in [1.54, 1.807) is 57.5 Å². The first-order chi connectivity index (χ1) is 18.4.